The van der Waals surface area contributed by atoms with Crippen LogP contribution in [0.4, 0.5) is 10.1 Å². The zero-order chi connectivity index (χ0) is 19.8. The number of hydrogen-bond donors (Lipinski definition) is 1. The van der Waals surface area contributed by atoms with Crippen LogP contribution in [0, 0.1) is 18.7 Å². The first-order valence-electron chi connectivity index (χ1n) is 9.85. The molecule has 0 unspecified atom stereocenters. The second kappa shape index (κ2) is 10.2. The van der Waals surface area contributed by atoms with Crippen LogP contribution in [0.5, 0.6) is 0 Å². The lowest BCUT2D eigenvalue weighted by Gasteiger charge is -2.09. The van der Waals surface area contributed by atoms with E-state index in [0.29, 0.717) is 17.7 Å². The van der Waals surface area contributed by atoms with Crippen LogP contribution < -0.4 is 5.32 Å². The van der Waals surface area contributed by atoms with E-state index in [0.717, 1.165) is 31.2 Å². The molecule has 1 heterocycles. The molecule has 1 aliphatic rings. The highest BCUT2D eigenvalue weighted by atomic mass is 19.1. The minimum absolute atomic E-state index is 0.308. The van der Waals surface area contributed by atoms with Gasteiger partial charge in [0.05, 0.1) is 0 Å². The van der Waals surface area contributed by atoms with Gasteiger partial charge in [-0.05, 0) is 50.7 Å². The Balaban J connectivity index is 0.000000208. The molecule has 0 radical (unpaired) electrons. The molecule has 1 aromatic carbocycles. The first kappa shape index (κ1) is 21.1. The lowest BCUT2D eigenvalue weighted by Crippen LogP contribution is -2.07. The summed E-state index contributed by atoms with van der Waals surface area (Å²) >= 11 is 0. The van der Waals surface area contributed by atoms with E-state index in [4.69, 9.17) is 0 Å². The van der Waals surface area contributed by atoms with Crippen LogP contribution >= 0.6 is 0 Å². The molecule has 1 fully saturated rings. The quantitative estimate of drug-likeness (QED) is 0.672. The number of amides is 1. The van der Waals surface area contributed by atoms with E-state index in [2.05, 4.69) is 40.9 Å². The van der Waals surface area contributed by atoms with Gasteiger partial charge in [0, 0.05) is 30.1 Å². The van der Waals surface area contributed by atoms with Crippen LogP contribution in [0.25, 0.3) is 0 Å². The zero-order valence-electron chi connectivity index (χ0n) is 16.8. The summed E-state index contributed by atoms with van der Waals surface area (Å²) in [6.07, 6.45) is 7.72. The summed E-state index contributed by atoms with van der Waals surface area (Å²) in [5.74, 6) is 2.87. The summed E-state index contributed by atoms with van der Waals surface area (Å²) in [5.41, 5.74) is 0.972. The number of aryl methyl sites for hydroxylation is 2. The molecule has 0 aliphatic heterocycles. The normalized spacial score (nSPS) is 13.3. The number of benzene rings is 1. The molecule has 1 N–H and O–H groups in total. The summed E-state index contributed by atoms with van der Waals surface area (Å²) in [4.78, 5) is 10.0. The Kier molecular flexibility index (Phi) is 7.95. The smallest absolute Gasteiger partial charge is 0.211 e. The molecule has 2 aromatic rings. The average molecular weight is 375 g/mol. The van der Waals surface area contributed by atoms with Gasteiger partial charge in [-0.25, -0.2) is 4.39 Å². The van der Waals surface area contributed by atoms with E-state index in [1.54, 1.807) is 19.1 Å². The van der Waals surface area contributed by atoms with Crippen LogP contribution in [-0.4, -0.2) is 21.2 Å². The highest BCUT2D eigenvalue weighted by Crippen LogP contribution is 2.37. The van der Waals surface area contributed by atoms with E-state index in [9.17, 15) is 9.18 Å². The Morgan fingerprint density at radius 3 is 2.48 bits per heavy atom. The van der Waals surface area contributed by atoms with E-state index < -0.39 is 0 Å². The van der Waals surface area contributed by atoms with Crippen molar-refractivity contribution in [3.63, 3.8) is 0 Å². The summed E-state index contributed by atoms with van der Waals surface area (Å²) < 4.78 is 15.2. The van der Waals surface area contributed by atoms with Crippen LogP contribution in [-0.2, 0) is 17.6 Å². The number of anilines is 1. The Morgan fingerprint density at radius 1 is 1.26 bits per heavy atom. The van der Waals surface area contributed by atoms with E-state index in [1.165, 1.54) is 37.0 Å². The second-order valence-electron chi connectivity index (χ2n) is 7.49. The summed E-state index contributed by atoms with van der Waals surface area (Å²) in [7, 11) is 0. The lowest BCUT2D eigenvalue weighted by atomic mass is 10.1. The third-order valence-corrected chi connectivity index (χ3v) is 4.65. The SMILES string of the molecule is CCCc1nnc(CCC(C)C)n1C1CC1.Cc1c(F)cccc1NC=O. The van der Waals surface area contributed by atoms with Crippen molar-refractivity contribution in [3.8, 4) is 0 Å². The molecule has 0 saturated heterocycles. The van der Waals surface area contributed by atoms with Crippen molar-refractivity contribution < 1.29 is 9.18 Å². The van der Waals surface area contributed by atoms with Crippen molar-refractivity contribution in [1.82, 2.24) is 14.8 Å². The van der Waals surface area contributed by atoms with Gasteiger partial charge in [-0.2, -0.15) is 0 Å². The lowest BCUT2D eigenvalue weighted by molar-refractivity contribution is -0.105. The molecule has 5 nitrogen and oxygen atoms in total. The molecule has 6 heteroatoms. The van der Waals surface area contributed by atoms with Crippen molar-refractivity contribution >= 4 is 12.1 Å². The third kappa shape index (κ3) is 6.15. The van der Waals surface area contributed by atoms with Crippen molar-refractivity contribution in [2.45, 2.75) is 72.3 Å². The molecule has 0 atom stereocenters. The molecule has 27 heavy (non-hydrogen) atoms. The predicted octanol–water partition coefficient (Wildman–Crippen LogP) is 4.86. The molecule has 1 aliphatic carbocycles. The molecule has 1 aromatic heterocycles. The second-order valence-corrected chi connectivity index (χ2v) is 7.49. The first-order chi connectivity index (χ1) is 13.0. The molecule has 0 bridgehead atoms. The number of nitrogens with zero attached hydrogens (tertiary/aromatic N) is 3. The maximum absolute atomic E-state index is 12.7. The molecule has 1 saturated carbocycles. The fourth-order valence-electron chi connectivity index (χ4n) is 2.92. The van der Waals surface area contributed by atoms with Gasteiger partial charge >= 0.3 is 0 Å². The van der Waals surface area contributed by atoms with Crippen LogP contribution in [0.1, 0.15) is 69.7 Å². The maximum atomic E-state index is 12.7. The first-order valence-corrected chi connectivity index (χ1v) is 9.85. The van der Waals surface area contributed by atoms with Gasteiger partial charge in [-0.1, -0.05) is 26.8 Å². The fraction of sp³-hybridized carbons (Fsp3) is 0.571. The van der Waals surface area contributed by atoms with Crippen LogP contribution in [0.15, 0.2) is 18.2 Å². The van der Waals surface area contributed by atoms with Gasteiger partial charge in [0.2, 0.25) is 6.41 Å². The number of rotatable bonds is 8. The van der Waals surface area contributed by atoms with Gasteiger partial charge in [-0.15, -0.1) is 10.2 Å². The van der Waals surface area contributed by atoms with Gasteiger partial charge < -0.3 is 9.88 Å². The van der Waals surface area contributed by atoms with Crippen LogP contribution in [0.2, 0.25) is 0 Å². The molecular formula is C21H31FN4O. The number of carbonyl (C=O) groups excluding carboxylic acids is 1. The fourth-order valence-corrected chi connectivity index (χ4v) is 2.92. The summed E-state index contributed by atoms with van der Waals surface area (Å²) in [5, 5.41) is 11.1. The molecular weight excluding hydrogens is 343 g/mol. The Hall–Kier alpha value is -2.24. The van der Waals surface area contributed by atoms with Crippen molar-refractivity contribution in [1.29, 1.82) is 0 Å². The largest absolute Gasteiger partial charge is 0.328 e. The maximum Gasteiger partial charge on any atom is 0.211 e. The van der Waals surface area contributed by atoms with Crippen molar-refractivity contribution in [2.24, 2.45) is 5.92 Å². The van der Waals surface area contributed by atoms with Gasteiger partial charge in [0.1, 0.15) is 17.5 Å². The number of hydrogen-bond acceptors (Lipinski definition) is 3. The number of aromatic nitrogens is 3. The van der Waals surface area contributed by atoms with Gasteiger partial charge in [0.15, 0.2) is 0 Å². The Labute approximate surface area is 161 Å². The highest BCUT2D eigenvalue weighted by Gasteiger charge is 2.28. The van der Waals surface area contributed by atoms with Crippen molar-refractivity contribution in [3.05, 3.63) is 41.2 Å². The number of halogens is 1. The van der Waals surface area contributed by atoms with E-state index in [1.807, 2.05) is 0 Å². The molecule has 1 amide bonds. The zero-order valence-corrected chi connectivity index (χ0v) is 16.8. The number of nitrogens with one attached hydrogen (secondary N) is 1. The molecule has 0 spiro atoms. The average Bonchev–Trinajstić information content (AvgIpc) is 3.39. The highest BCUT2D eigenvalue weighted by molar-refractivity contribution is 5.73. The predicted molar refractivity (Wildman–Crippen MR) is 106 cm³/mol. The minimum Gasteiger partial charge on any atom is -0.328 e. The number of carbonyl (C=O) groups is 1. The van der Waals surface area contributed by atoms with E-state index >= 15 is 0 Å². The Bertz CT molecular complexity index is 738. The minimum atomic E-state index is -0.308. The topological polar surface area (TPSA) is 59.8 Å². The third-order valence-electron chi connectivity index (χ3n) is 4.65. The van der Waals surface area contributed by atoms with Gasteiger partial charge in [-0.3, -0.25) is 4.79 Å². The summed E-state index contributed by atoms with van der Waals surface area (Å²) in [6.45, 7) is 8.36. The summed E-state index contributed by atoms with van der Waals surface area (Å²) in [6, 6.07) is 5.27. The van der Waals surface area contributed by atoms with E-state index in [-0.39, 0.29) is 5.82 Å². The monoisotopic (exact) mass is 374 g/mol. The van der Waals surface area contributed by atoms with Crippen LogP contribution in [0.3, 0.4) is 0 Å². The molecule has 148 valence electrons. The van der Waals surface area contributed by atoms with Crippen molar-refractivity contribution in [2.75, 3.05) is 5.32 Å². The Morgan fingerprint density at radius 2 is 1.93 bits per heavy atom. The standard InChI is InChI=1S/C13H23N3.C8H8FNO/c1-4-5-12-14-15-13(9-6-10(2)3)16(12)11-7-8-11;1-6-7(9)3-2-4-8(6)10-5-11/h10-11H,4-9H2,1-3H3;2-5H,1H3,(H,10,11). The van der Waals surface area contributed by atoms with Gasteiger partial charge in [0.25, 0.3) is 0 Å². The molecule has 3 rings (SSSR count).